The number of nitrogens with one attached hydrogen (secondary N) is 1. The molecule has 6 nitrogen and oxygen atoms in total. The molecule has 0 radical (unpaired) electrons. The molecule has 136 valence electrons. The zero-order valence-electron chi connectivity index (χ0n) is 14.7. The number of ether oxygens (including phenoxy) is 2. The number of rotatable bonds is 6. The van der Waals surface area contributed by atoms with Crippen LogP contribution < -0.4 is 14.2 Å². The summed E-state index contributed by atoms with van der Waals surface area (Å²) in [6, 6.07) is 11.5. The second kappa shape index (κ2) is 7.36. The van der Waals surface area contributed by atoms with Crippen molar-refractivity contribution in [3.8, 4) is 17.6 Å². The molecule has 3 rings (SSSR count). The Kier molecular flexibility index (Phi) is 5.16. The molecule has 2 aromatic rings. The first-order valence-corrected chi connectivity index (χ1v) is 9.86. The van der Waals surface area contributed by atoms with E-state index in [9.17, 15) is 8.42 Å². The molecule has 1 aliphatic rings. The van der Waals surface area contributed by atoms with E-state index in [2.05, 4.69) is 4.72 Å². The first-order chi connectivity index (χ1) is 12.4. The number of benzene rings is 2. The zero-order valence-corrected chi connectivity index (χ0v) is 15.5. The van der Waals surface area contributed by atoms with Gasteiger partial charge in [0, 0.05) is 24.1 Å². The summed E-state index contributed by atoms with van der Waals surface area (Å²) in [4.78, 5) is 0.112. The molecule has 0 aromatic heterocycles. The molecule has 0 amide bonds. The highest BCUT2D eigenvalue weighted by Gasteiger charge is 2.23. The Labute approximate surface area is 153 Å². The molecular formula is C19H20N2O4S. The topological polar surface area (TPSA) is 88.4 Å². The van der Waals surface area contributed by atoms with E-state index in [1.165, 1.54) is 24.3 Å². The van der Waals surface area contributed by atoms with Crippen LogP contribution in [0.5, 0.6) is 11.5 Å². The fourth-order valence-corrected chi connectivity index (χ4v) is 3.88. The van der Waals surface area contributed by atoms with Gasteiger partial charge in [-0.1, -0.05) is 0 Å². The Balaban J connectivity index is 1.82. The molecule has 26 heavy (non-hydrogen) atoms. The van der Waals surface area contributed by atoms with Crippen molar-refractivity contribution < 1.29 is 17.9 Å². The Morgan fingerprint density at radius 1 is 1.31 bits per heavy atom. The van der Waals surface area contributed by atoms with Gasteiger partial charge in [0.05, 0.1) is 23.1 Å². The summed E-state index contributed by atoms with van der Waals surface area (Å²) in [5.41, 5.74) is 2.20. The van der Waals surface area contributed by atoms with E-state index in [0.29, 0.717) is 17.9 Å². The Bertz CT molecular complexity index is 947. The van der Waals surface area contributed by atoms with Gasteiger partial charge in [0.1, 0.15) is 17.6 Å². The van der Waals surface area contributed by atoms with Crippen molar-refractivity contribution in [1.82, 2.24) is 4.72 Å². The summed E-state index contributed by atoms with van der Waals surface area (Å²) in [7, 11) is -3.70. The minimum atomic E-state index is -3.70. The van der Waals surface area contributed by atoms with Crippen molar-refractivity contribution in [1.29, 1.82) is 5.26 Å². The lowest BCUT2D eigenvalue weighted by Crippen LogP contribution is -2.23. The summed E-state index contributed by atoms with van der Waals surface area (Å²) in [5.74, 6) is 1.43. The van der Waals surface area contributed by atoms with E-state index in [1.54, 1.807) is 0 Å². The van der Waals surface area contributed by atoms with Crippen LogP contribution in [0.25, 0.3) is 0 Å². The molecular weight excluding hydrogens is 352 g/mol. The fourth-order valence-electron chi connectivity index (χ4n) is 2.87. The largest absolute Gasteiger partial charge is 0.494 e. The first kappa shape index (κ1) is 18.2. The number of fused-ring (bicyclic) bond motifs is 1. The van der Waals surface area contributed by atoms with Gasteiger partial charge in [-0.25, -0.2) is 13.1 Å². The summed E-state index contributed by atoms with van der Waals surface area (Å²) >= 11 is 0. The first-order valence-electron chi connectivity index (χ1n) is 8.38. The minimum absolute atomic E-state index is 0.0860. The number of hydrogen-bond acceptors (Lipinski definition) is 5. The van der Waals surface area contributed by atoms with Gasteiger partial charge in [0.15, 0.2) is 0 Å². The third-order valence-corrected chi connectivity index (χ3v) is 5.54. The highest BCUT2D eigenvalue weighted by atomic mass is 32.2. The van der Waals surface area contributed by atoms with E-state index in [4.69, 9.17) is 14.7 Å². The molecule has 0 saturated heterocycles. The molecule has 0 spiro atoms. The van der Waals surface area contributed by atoms with Gasteiger partial charge in [-0.05, 0) is 50.2 Å². The summed E-state index contributed by atoms with van der Waals surface area (Å²) in [5, 5.41) is 8.82. The molecule has 1 heterocycles. The van der Waals surface area contributed by atoms with Crippen molar-refractivity contribution in [3.05, 3.63) is 53.1 Å². The van der Waals surface area contributed by atoms with Gasteiger partial charge >= 0.3 is 0 Å². The van der Waals surface area contributed by atoms with Crippen LogP contribution in [0.4, 0.5) is 0 Å². The van der Waals surface area contributed by atoms with E-state index in [-0.39, 0.29) is 17.5 Å². The van der Waals surface area contributed by atoms with Crippen molar-refractivity contribution in [3.63, 3.8) is 0 Å². The highest BCUT2D eigenvalue weighted by Crippen LogP contribution is 2.35. The predicted molar refractivity (Wildman–Crippen MR) is 96.6 cm³/mol. The number of hydrogen-bond donors (Lipinski definition) is 1. The van der Waals surface area contributed by atoms with Crippen LogP contribution in [0.15, 0.2) is 41.3 Å². The lowest BCUT2D eigenvalue weighted by molar-refractivity contribution is 0.254. The molecule has 1 atom stereocenters. The average molecular weight is 372 g/mol. The third kappa shape index (κ3) is 3.82. The maximum Gasteiger partial charge on any atom is 0.240 e. The molecule has 7 heteroatoms. The number of nitrogens with zero attached hydrogens (tertiary/aromatic N) is 1. The normalized spacial score (nSPS) is 15.8. The quantitative estimate of drug-likeness (QED) is 0.842. The summed E-state index contributed by atoms with van der Waals surface area (Å²) < 4.78 is 39.0. The molecule has 0 saturated carbocycles. The van der Waals surface area contributed by atoms with Crippen molar-refractivity contribution in [2.45, 2.75) is 37.8 Å². The van der Waals surface area contributed by atoms with Gasteiger partial charge in [-0.3, -0.25) is 0 Å². The highest BCUT2D eigenvalue weighted by molar-refractivity contribution is 7.89. The van der Waals surface area contributed by atoms with Gasteiger partial charge in [-0.2, -0.15) is 5.26 Å². The van der Waals surface area contributed by atoms with Gasteiger partial charge in [-0.15, -0.1) is 0 Å². The Morgan fingerprint density at radius 2 is 2.04 bits per heavy atom. The van der Waals surface area contributed by atoms with Crippen LogP contribution in [0.1, 0.15) is 30.5 Å². The molecule has 2 aromatic carbocycles. The van der Waals surface area contributed by atoms with Crippen LogP contribution in [0.2, 0.25) is 0 Å². The van der Waals surface area contributed by atoms with Gasteiger partial charge in [0.25, 0.3) is 0 Å². The molecule has 1 N–H and O–H groups in total. The maximum atomic E-state index is 12.5. The SMILES string of the molecule is CCOc1cc2c(cc1CNS(=O)(=O)c1ccc(C#N)cc1)O[C@@H](C)C2. The van der Waals surface area contributed by atoms with Crippen LogP contribution in [0.3, 0.4) is 0 Å². The van der Waals surface area contributed by atoms with Gasteiger partial charge in [0.2, 0.25) is 10.0 Å². The fraction of sp³-hybridized carbons (Fsp3) is 0.316. The summed E-state index contributed by atoms with van der Waals surface area (Å²) in [6.45, 7) is 4.46. The lowest BCUT2D eigenvalue weighted by Gasteiger charge is -2.13. The van der Waals surface area contributed by atoms with Crippen LogP contribution >= 0.6 is 0 Å². The molecule has 0 aliphatic carbocycles. The minimum Gasteiger partial charge on any atom is -0.494 e. The van der Waals surface area contributed by atoms with E-state index in [1.807, 2.05) is 32.0 Å². The van der Waals surface area contributed by atoms with Crippen LogP contribution in [-0.2, 0) is 23.0 Å². The monoisotopic (exact) mass is 372 g/mol. The summed E-state index contributed by atoms with van der Waals surface area (Å²) in [6.07, 6.45) is 0.914. The zero-order chi connectivity index (χ0) is 18.7. The van der Waals surface area contributed by atoms with E-state index < -0.39 is 10.0 Å². The van der Waals surface area contributed by atoms with Crippen LogP contribution in [-0.4, -0.2) is 21.1 Å². The maximum absolute atomic E-state index is 12.5. The third-order valence-electron chi connectivity index (χ3n) is 4.13. The predicted octanol–water partition coefficient (Wildman–Crippen LogP) is 2.76. The van der Waals surface area contributed by atoms with Crippen molar-refractivity contribution >= 4 is 10.0 Å². The van der Waals surface area contributed by atoms with Crippen molar-refractivity contribution in [2.24, 2.45) is 0 Å². The molecule has 0 unspecified atom stereocenters. The second-order valence-electron chi connectivity index (χ2n) is 6.09. The van der Waals surface area contributed by atoms with Gasteiger partial charge < -0.3 is 9.47 Å². The van der Waals surface area contributed by atoms with E-state index >= 15 is 0 Å². The second-order valence-corrected chi connectivity index (χ2v) is 7.86. The average Bonchev–Trinajstić information content (AvgIpc) is 2.99. The van der Waals surface area contributed by atoms with Crippen molar-refractivity contribution in [2.75, 3.05) is 6.61 Å². The lowest BCUT2D eigenvalue weighted by atomic mass is 10.1. The molecule has 0 bridgehead atoms. The van der Waals surface area contributed by atoms with E-state index in [0.717, 1.165) is 23.3 Å². The number of sulfonamides is 1. The van der Waals surface area contributed by atoms with Crippen LogP contribution in [0, 0.1) is 11.3 Å². The molecule has 1 aliphatic heterocycles. The standard InChI is InChI=1S/C19H20N2O4S/c1-3-24-18-9-15-8-13(2)25-19(15)10-16(18)12-21-26(22,23)17-6-4-14(11-20)5-7-17/h4-7,9-10,13,21H,3,8,12H2,1-2H3/t13-/m0/s1. The molecule has 0 fully saturated rings. The smallest absolute Gasteiger partial charge is 0.240 e. The number of nitriles is 1. The Hall–Kier alpha value is -2.56. The Morgan fingerprint density at radius 3 is 2.69 bits per heavy atom.